The van der Waals surface area contributed by atoms with Crippen molar-refractivity contribution in [2.75, 3.05) is 7.11 Å². The van der Waals surface area contributed by atoms with Gasteiger partial charge in [-0.3, -0.25) is 9.59 Å². The van der Waals surface area contributed by atoms with Crippen molar-refractivity contribution in [1.82, 2.24) is 0 Å². The van der Waals surface area contributed by atoms with E-state index in [4.69, 9.17) is 14.3 Å². The summed E-state index contributed by atoms with van der Waals surface area (Å²) in [5, 5.41) is 18.7. The van der Waals surface area contributed by atoms with Crippen molar-refractivity contribution in [2.45, 2.75) is 117 Å². The molecule has 222 valence electrons. The number of hydrogen-bond donors (Lipinski definition) is 2. The van der Waals surface area contributed by atoms with Crippen LogP contribution >= 0.6 is 0 Å². The average molecular weight is 555 g/mol. The van der Waals surface area contributed by atoms with Gasteiger partial charge in [0.25, 0.3) is 0 Å². The van der Waals surface area contributed by atoms with Crippen LogP contribution in [0.3, 0.4) is 0 Å². The molecule has 1 aliphatic carbocycles. The largest absolute Gasteiger partial charge is 0.507 e. The van der Waals surface area contributed by atoms with Crippen LogP contribution in [0.15, 0.2) is 45.1 Å². The van der Waals surface area contributed by atoms with E-state index in [0.717, 1.165) is 29.9 Å². The Bertz CT molecular complexity index is 1170. The molecule has 0 aliphatic heterocycles. The standard InChI is InChI=1S/C18H32O2.C16H18O4/c19-18(20)16-10-8-6-4-2-1-3-5-7-9-13-17-14-11-12-15-17;1-9(2)5-6-11-14(19-4)8-13(18)15-12(17)7-10(3)20-16(11)15/h11,14,17H,1-10,12-13,15-16H2,(H,19,20);5,7-8,18H,6H2,1-4H3. The Labute approximate surface area is 240 Å². The van der Waals surface area contributed by atoms with Gasteiger partial charge < -0.3 is 19.4 Å². The van der Waals surface area contributed by atoms with Crippen LogP contribution < -0.4 is 10.2 Å². The first-order valence-electron chi connectivity index (χ1n) is 15.1. The normalized spacial score (nSPS) is 14.2. The molecular weight excluding hydrogens is 504 g/mol. The van der Waals surface area contributed by atoms with Crippen molar-refractivity contribution in [2.24, 2.45) is 5.92 Å². The molecular formula is C34H50O6. The predicted octanol–water partition coefficient (Wildman–Crippen LogP) is 9.04. The van der Waals surface area contributed by atoms with E-state index in [2.05, 4.69) is 12.2 Å². The number of phenolic OH excluding ortho intramolecular Hbond substituents is 1. The zero-order valence-corrected chi connectivity index (χ0v) is 25.1. The Hall–Kier alpha value is -3.02. The lowest BCUT2D eigenvalue weighted by Gasteiger charge is -2.11. The third-order valence-corrected chi connectivity index (χ3v) is 7.43. The first kappa shape index (κ1) is 33.2. The van der Waals surface area contributed by atoms with Crippen molar-refractivity contribution in [3.8, 4) is 11.5 Å². The van der Waals surface area contributed by atoms with Gasteiger partial charge >= 0.3 is 5.97 Å². The maximum absolute atomic E-state index is 12.0. The molecule has 0 fully saturated rings. The number of hydrogen-bond acceptors (Lipinski definition) is 5. The topological polar surface area (TPSA) is 97.0 Å². The lowest BCUT2D eigenvalue weighted by Crippen LogP contribution is -2.04. The fraction of sp³-hybridized carbons (Fsp3) is 0.588. The van der Waals surface area contributed by atoms with Gasteiger partial charge in [-0.1, -0.05) is 81.6 Å². The molecule has 0 radical (unpaired) electrons. The maximum atomic E-state index is 12.0. The molecule has 2 aromatic rings. The third-order valence-electron chi connectivity index (χ3n) is 7.43. The van der Waals surface area contributed by atoms with E-state index in [1.165, 1.54) is 89.9 Å². The molecule has 0 saturated heterocycles. The Kier molecular flexibility index (Phi) is 15.2. The first-order chi connectivity index (χ1) is 19.2. The van der Waals surface area contributed by atoms with Crippen LogP contribution in [-0.4, -0.2) is 23.3 Å². The molecule has 6 nitrogen and oxygen atoms in total. The van der Waals surface area contributed by atoms with Gasteiger partial charge in [0.2, 0.25) is 0 Å². The lowest BCUT2D eigenvalue weighted by molar-refractivity contribution is -0.137. The van der Waals surface area contributed by atoms with E-state index in [1.54, 1.807) is 6.92 Å². The van der Waals surface area contributed by atoms with E-state index in [1.807, 2.05) is 19.9 Å². The Morgan fingerprint density at radius 1 is 1.02 bits per heavy atom. The minimum atomic E-state index is -0.655. The number of rotatable bonds is 16. The summed E-state index contributed by atoms with van der Waals surface area (Å²) in [6, 6.07) is 2.84. The quantitative estimate of drug-likeness (QED) is 0.159. The maximum Gasteiger partial charge on any atom is 0.303 e. The van der Waals surface area contributed by atoms with E-state index in [0.29, 0.717) is 29.9 Å². The van der Waals surface area contributed by atoms with Crippen molar-refractivity contribution in [3.63, 3.8) is 0 Å². The number of benzene rings is 1. The molecule has 0 saturated carbocycles. The summed E-state index contributed by atoms with van der Waals surface area (Å²) >= 11 is 0. The molecule has 6 heteroatoms. The summed E-state index contributed by atoms with van der Waals surface area (Å²) < 4.78 is 11.0. The zero-order valence-electron chi connectivity index (χ0n) is 25.1. The molecule has 0 amide bonds. The van der Waals surface area contributed by atoms with E-state index in [-0.39, 0.29) is 16.6 Å². The highest BCUT2D eigenvalue weighted by Gasteiger charge is 2.17. The summed E-state index contributed by atoms with van der Waals surface area (Å²) in [5.41, 5.74) is 2.07. The van der Waals surface area contributed by atoms with Gasteiger partial charge in [0.05, 0.1) is 7.11 Å². The summed E-state index contributed by atoms with van der Waals surface area (Å²) in [7, 11) is 1.53. The lowest BCUT2D eigenvalue weighted by atomic mass is 9.99. The molecule has 1 aromatic heterocycles. The number of aryl methyl sites for hydroxylation is 1. The predicted molar refractivity (Wildman–Crippen MR) is 163 cm³/mol. The van der Waals surface area contributed by atoms with Crippen LogP contribution in [0.5, 0.6) is 11.5 Å². The second-order valence-electron chi connectivity index (χ2n) is 11.2. The Morgan fingerprint density at radius 3 is 2.20 bits per heavy atom. The molecule has 0 bridgehead atoms. The number of methoxy groups -OCH3 is 1. The van der Waals surface area contributed by atoms with E-state index in [9.17, 15) is 14.7 Å². The third kappa shape index (κ3) is 12.0. The highest BCUT2D eigenvalue weighted by molar-refractivity contribution is 5.88. The van der Waals surface area contributed by atoms with Crippen LogP contribution in [0.4, 0.5) is 0 Å². The van der Waals surface area contributed by atoms with Gasteiger partial charge in [0.1, 0.15) is 28.2 Å². The summed E-state index contributed by atoms with van der Waals surface area (Å²) in [6.45, 7) is 5.70. The fourth-order valence-corrected chi connectivity index (χ4v) is 5.17. The van der Waals surface area contributed by atoms with Gasteiger partial charge in [0.15, 0.2) is 5.43 Å². The second kappa shape index (κ2) is 18.4. The Balaban J connectivity index is 0.000000280. The van der Waals surface area contributed by atoms with Crippen LogP contribution in [0.1, 0.15) is 115 Å². The van der Waals surface area contributed by atoms with Crippen molar-refractivity contribution >= 4 is 16.9 Å². The molecule has 40 heavy (non-hydrogen) atoms. The number of aromatic hydroxyl groups is 1. The second-order valence-corrected chi connectivity index (χ2v) is 11.2. The van der Waals surface area contributed by atoms with Crippen molar-refractivity contribution in [1.29, 1.82) is 0 Å². The smallest absolute Gasteiger partial charge is 0.303 e. The van der Waals surface area contributed by atoms with Gasteiger partial charge in [-0.25, -0.2) is 0 Å². The summed E-state index contributed by atoms with van der Waals surface area (Å²) in [6.07, 6.45) is 24.5. The molecule has 1 unspecified atom stereocenters. The number of carboxylic acids is 1. The minimum Gasteiger partial charge on any atom is -0.507 e. The van der Waals surface area contributed by atoms with Crippen molar-refractivity contribution < 1.29 is 24.2 Å². The highest BCUT2D eigenvalue weighted by atomic mass is 16.5. The highest BCUT2D eigenvalue weighted by Crippen LogP contribution is 2.34. The number of aliphatic carboxylic acids is 1. The minimum absolute atomic E-state index is 0.119. The summed E-state index contributed by atoms with van der Waals surface area (Å²) in [4.78, 5) is 22.4. The van der Waals surface area contributed by atoms with E-state index >= 15 is 0 Å². The number of carboxylic acid groups (broad SMARTS) is 1. The molecule has 1 aromatic carbocycles. The van der Waals surface area contributed by atoms with E-state index < -0.39 is 5.97 Å². The first-order valence-corrected chi connectivity index (χ1v) is 15.1. The van der Waals surface area contributed by atoms with Crippen LogP contribution in [0.2, 0.25) is 0 Å². The van der Waals surface area contributed by atoms with Gasteiger partial charge in [-0.2, -0.15) is 0 Å². The molecule has 2 N–H and O–H groups in total. The monoisotopic (exact) mass is 554 g/mol. The SMILES string of the molecule is COc1cc(O)c2c(=O)cc(C)oc2c1CC=C(C)C.O=C(O)CCCCCCCCCCCCC1C=CCC1. The average Bonchev–Trinajstić information content (AvgIpc) is 3.42. The number of unbranched alkanes of at least 4 members (excludes halogenated alkanes) is 9. The zero-order chi connectivity index (χ0) is 29.3. The van der Waals surface area contributed by atoms with Crippen LogP contribution in [-0.2, 0) is 11.2 Å². The number of ether oxygens (including phenoxy) is 1. The van der Waals surface area contributed by atoms with Crippen LogP contribution in [0, 0.1) is 12.8 Å². The van der Waals surface area contributed by atoms with Crippen molar-refractivity contribution in [3.05, 3.63) is 57.5 Å². The molecule has 0 spiro atoms. The van der Waals surface area contributed by atoms with Crippen LogP contribution in [0.25, 0.3) is 11.0 Å². The molecule has 1 aliphatic rings. The summed E-state index contributed by atoms with van der Waals surface area (Å²) in [5.74, 6) is 1.14. The number of carbonyl (C=O) groups is 1. The number of fused-ring (bicyclic) bond motifs is 1. The Morgan fingerprint density at radius 2 is 1.65 bits per heavy atom. The van der Waals surface area contributed by atoms with Gasteiger partial charge in [0, 0.05) is 24.1 Å². The molecule has 1 atom stereocenters. The van der Waals surface area contributed by atoms with Gasteiger partial charge in [-0.15, -0.1) is 0 Å². The molecule has 3 rings (SSSR count). The number of allylic oxidation sites excluding steroid dienone is 4. The van der Waals surface area contributed by atoms with Gasteiger partial charge in [-0.05, 0) is 58.8 Å². The fourth-order valence-electron chi connectivity index (χ4n) is 5.17. The number of phenols is 1. The molecule has 1 heterocycles.